The van der Waals surface area contributed by atoms with E-state index in [1.807, 2.05) is 37.3 Å². The van der Waals surface area contributed by atoms with E-state index in [1.54, 1.807) is 91.0 Å². The van der Waals surface area contributed by atoms with Crippen LogP contribution in [0.4, 0.5) is 4.39 Å². The van der Waals surface area contributed by atoms with Crippen LogP contribution < -0.4 is 15.7 Å². The van der Waals surface area contributed by atoms with Gasteiger partial charge < -0.3 is 0 Å². The lowest BCUT2D eigenvalue weighted by Crippen LogP contribution is -2.40. The van der Waals surface area contributed by atoms with Gasteiger partial charge in [0.05, 0.1) is 6.04 Å². The lowest BCUT2D eigenvalue weighted by Gasteiger charge is -2.34. The van der Waals surface area contributed by atoms with Crippen molar-refractivity contribution in [3.8, 4) is 6.07 Å². The molecule has 33 heavy (non-hydrogen) atoms. The molecule has 0 aliphatic rings. The minimum Gasteiger partial charge on any atom is -0.297 e. The third-order valence-electron chi connectivity index (χ3n) is 5.72. The highest BCUT2D eigenvalue weighted by Crippen LogP contribution is 2.48. The number of hydrogen-bond acceptors (Lipinski definition) is 2. The lowest BCUT2D eigenvalue weighted by atomic mass is 9.85. The number of benzene rings is 4. The fraction of sp³-hybridized carbons (Fsp3) is 0.107. The van der Waals surface area contributed by atoms with Crippen LogP contribution in [-0.4, -0.2) is 0 Å². The van der Waals surface area contributed by atoms with Crippen molar-refractivity contribution in [1.29, 1.82) is 5.26 Å². The summed E-state index contributed by atoms with van der Waals surface area (Å²) in [6, 6.07) is 34.3. The molecule has 0 bridgehead atoms. The highest BCUT2D eigenvalue weighted by Gasteiger charge is 2.46. The molecule has 164 valence electrons. The first-order valence-corrected chi connectivity index (χ1v) is 12.4. The number of halogens is 1. The quantitative estimate of drug-likeness (QED) is 0.352. The van der Waals surface area contributed by atoms with Crippen LogP contribution in [0.5, 0.6) is 0 Å². The van der Waals surface area contributed by atoms with Crippen molar-refractivity contribution in [2.24, 2.45) is 0 Å². The molecule has 1 N–H and O–H groups in total. The SMILES string of the molecule is Cc1ccc([C@@H](NP(=O)(c2ccccc2)c2ccccc2)[C@](F)(C#N)c2ccccc2)cc1. The summed E-state index contributed by atoms with van der Waals surface area (Å²) in [5.74, 6) is 0. The minimum absolute atomic E-state index is 0.207. The van der Waals surface area contributed by atoms with E-state index in [9.17, 15) is 9.83 Å². The van der Waals surface area contributed by atoms with E-state index in [2.05, 4.69) is 5.09 Å². The van der Waals surface area contributed by atoms with Crippen LogP contribution in [-0.2, 0) is 10.2 Å². The molecule has 4 rings (SSSR count). The van der Waals surface area contributed by atoms with Crippen molar-refractivity contribution in [2.45, 2.75) is 18.6 Å². The van der Waals surface area contributed by atoms with Crippen molar-refractivity contribution in [2.75, 3.05) is 0 Å². The van der Waals surface area contributed by atoms with Gasteiger partial charge in [-0.15, -0.1) is 0 Å². The molecule has 0 radical (unpaired) electrons. The number of hydrogen-bond donors (Lipinski definition) is 1. The zero-order valence-electron chi connectivity index (χ0n) is 18.2. The van der Waals surface area contributed by atoms with E-state index in [-0.39, 0.29) is 5.56 Å². The van der Waals surface area contributed by atoms with Gasteiger partial charge in [-0.05, 0) is 36.8 Å². The van der Waals surface area contributed by atoms with Gasteiger partial charge in [0.2, 0.25) is 13.0 Å². The van der Waals surface area contributed by atoms with E-state index in [1.165, 1.54) is 0 Å². The summed E-state index contributed by atoms with van der Waals surface area (Å²) in [6.07, 6.45) is 0. The summed E-state index contributed by atoms with van der Waals surface area (Å²) in [4.78, 5) is 0. The molecule has 0 spiro atoms. The Morgan fingerprint density at radius 1 is 0.788 bits per heavy atom. The second-order valence-electron chi connectivity index (χ2n) is 7.94. The second-order valence-corrected chi connectivity index (χ2v) is 10.5. The molecule has 3 nitrogen and oxygen atoms in total. The van der Waals surface area contributed by atoms with E-state index in [4.69, 9.17) is 0 Å². The monoisotopic (exact) mass is 454 g/mol. The van der Waals surface area contributed by atoms with Gasteiger partial charge in [-0.3, -0.25) is 4.57 Å². The molecule has 2 atom stereocenters. The third kappa shape index (κ3) is 4.52. The summed E-state index contributed by atoms with van der Waals surface area (Å²) >= 11 is 0. The number of rotatable bonds is 7. The molecule has 4 aromatic rings. The Hall–Kier alpha value is -3.51. The van der Waals surface area contributed by atoms with Gasteiger partial charge >= 0.3 is 0 Å². The zero-order chi connectivity index (χ0) is 23.3. The maximum Gasteiger partial charge on any atom is 0.240 e. The molecule has 0 saturated carbocycles. The van der Waals surface area contributed by atoms with Crippen LogP contribution in [0.25, 0.3) is 0 Å². The van der Waals surface area contributed by atoms with Gasteiger partial charge in [0, 0.05) is 16.2 Å². The number of alkyl halides is 1. The normalized spacial score (nSPS) is 14.1. The van der Waals surface area contributed by atoms with E-state index < -0.39 is 19.0 Å². The average molecular weight is 454 g/mol. The third-order valence-corrected chi connectivity index (χ3v) is 8.39. The lowest BCUT2D eigenvalue weighted by molar-refractivity contribution is 0.186. The van der Waals surface area contributed by atoms with E-state index in [0.717, 1.165) is 5.56 Å². The molecule has 4 aromatic carbocycles. The molecule has 0 aliphatic carbocycles. The van der Waals surface area contributed by atoms with E-state index in [0.29, 0.717) is 16.2 Å². The molecular formula is C28H24FN2OP. The smallest absolute Gasteiger partial charge is 0.240 e. The van der Waals surface area contributed by atoms with Crippen molar-refractivity contribution in [1.82, 2.24) is 5.09 Å². The average Bonchev–Trinajstić information content (AvgIpc) is 2.89. The van der Waals surface area contributed by atoms with Crippen LogP contribution in [0.3, 0.4) is 0 Å². The summed E-state index contributed by atoms with van der Waals surface area (Å²) < 4.78 is 31.4. The second kappa shape index (κ2) is 9.55. The van der Waals surface area contributed by atoms with E-state index >= 15 is 4.39 Å². The van der Waals surface area contributed by atoms with Gasteiger partial charge in [-0.2, -0.15) is 5.26 Å². The maximum atomic E-state index is 16.7. The first-order chi connectivity index (χ1) is 16.0. The largest absolute Gasteiger partial charge is 0.297 e. The Labute approximate surface area is 194 Å². The summed E-state index contributed by atoms with van der Waals surface area (Å²) in [6.45, 7) is 1.94. The molecule has 0 amide bonds. The van der Waals surface area contributed by atoms with Gasteiger partial charge in [0.15, 0.2) is 0 Å². The fourth-order valence-electron chi connectivity index (χ4n) is 3.88. The van der Waals surface area contributed by atoms with Crippen molar-refractivity contribution in [3.63, 3.8) is 0 Å². The van der Waals surface area contributed by atoms with Gasteiger partial charge in [0.25, 0.3) is 0 Å². The van der Waals surface area contributed by atoms with Crippen LogP contribution in [0.1, 0.15) is 22.7 Å². The molecule has 0 unspecified atom stereocenters. The fourth-order valence-corrected chi connectivity index (χ4v) is 6.36. The van der Waals surface area contributed by atoms with Crippen LogP contribution in [0.2, 0.25) is 0 Å². The van der Waals surface area contributed by atoms with Crippen LogP contribution in [0.15, 0.2) is 115 Å². The predicted molar refractivity (Wildman–Crippen MR) is 132 cm³/mol. The highest BCUT2D eigenvalue weighted by atomic mass is 31.2. The highest BCUT2D eigenvalue weighted by molar-refractivity contribution is 7.76. The van der Waals surface area contributed by atoms with Crippen molar-refractivity contribution in [3.05, 3.63) is 132 Å². The van der Waals surface area contributed by atoms with Crippen molar-refractivity contribution >= 4 is 17.9 Å². The van der Waals surface area contributed by atoms with Gasteiger partial charge in [-0.25, -0.2) is 9.48 Å². The Balaban J connectivity index is 1.92. The minimum atomic E-state index is -3.53. The molecule has 0 saturated heterocycles. The molecule has 0 fully saturated rings. The van der Waals surface area contributed by atoms with Gasteiger partial charge in [0.1, 0.15) is 6.07 Å². The summed E-state index contributed by atoms with van der Waals surface area (Å²) in [5, 5.41) is 14.3. The van der Waals surface area contributed by atoms with Crippen LogP contribution >= 0.6 is 7.29 Å². The Morgan fingerprint density at radius 2 is 1.24 bits per heavy atom. The van der Waals surface area contributed by atoms with Crippen molar-refractivity contribution < 1.29 is 8.96 Å². The number of aryl methyl sites for hydroxylation is 1. The molecule has 0 heterocycles. The number of nitrogens with zero attached hydrogens (tertiary/aromatic N) is 1. The first kappa shape index (κ1) is 22.7. The molecule has 5 heteroatoms. The Morgan fingerprint density at radius 3 is 1.70 bits per heavy atom. The standard InChI is InChI=1S/C28H24FN2OP/c1-22-17-19-23(20-18-22)27(28(29,21-30)24-11-5-2-6-12-24)31-33(32,25-13-7-3-8-14-25)26-15-9-4-10-16-26/h2-20,27H,1H3,(H,31,32)/t27-,28+/m1/s1. The summed E-state index contributed by atoms with van der Waals surface area (Å²) in [7, 11) is -3.53. The van der Waals surface area contributed by atoms with Gasteiger partial charge in [-0.1, -0.05) is 96.6 Å². The topological polar surface area (TPSA) is 52.9 Å². The molecule has 0 aromatic heterocycles. The summed E-state index contributed by atoms with van der Waals surface area (Å²) in [5.41, 5.74) is -0.706. The van der Waals surface area contributed by atoms with Crippen LogP contribution in [0, 0.1) is 18.3 Å². The molecule has 0 aliphatic heterocycles. The Bertz CT molecular complexity index is 1250. The Kier molecular flexibility index (Phi) is 6.56. The zero-order valence-corrected chi connectivity index (χ0v) is 19.1. The first-order valence-electron chi connectivity index (χ1n) is 10.7. The molecular weight excluding hydrogens is 430 g/mol. The maximum absolute atomic E-state index is 16.7. The number of nitrogens with one attached hydrogen (secondary N) is 1. The number of nitriles is 1. The predicted octanol–water partition coefficient (Wildman–Crippen LogP) is 5.94.